The smallest absolute Gasteiger partial charge is 0.210 e. The summed E-state index contributed by atoms with van der Waals surface area (Å²) in [6.07, 6.45) is 0. The molecule has 0 rings (SSSR count). The van der Waals surface area contributed by atoms with Crippen molar-refractivity contribution >= 4 is 132 Å². The SMILES string of the molecule is CC[N+](CC)(CC)CC.I[B-](I)(I)[Si](I)(I)I. The first-order valence-corrected chi connectivity index (χ1v) is 20.8. The average molecular weight is 931 g/mol. The van der Waals surface area contributed by atoms with Gasteiger partial charge in [-0.3, -0.25) is 0 Å². The highest BCUT2D eigenvalue weighted by atomic mass is 127. The topological polar surface area (TPSA) is 0 Å². The molecule has 0 radical (unpaired) electrons. The molecule has 0 saturated carbocycles. The fourth-order valence-corrected chi connectivity index (χ4v) is 1.34. The highest BCUT2D eigenvalue weighted by Gasteiger charge is 2.35. The van der Waals surface area contributed by atoms with E-state index in [1.807, 2.05) is 0 Å². The first kappa shape index (κ1) is 23.9. The summed E-state index contributed by atoms with van der Waals surface area (Å²) in [6, 6.07) is 0. The Morgan fingerprint density at radius 3 is 0.941 bits per heavy atom. The van der Waals surface area contributed by atoms with Gasteiger partial charge < -0.3 is 71.6 Å². The minimum absolute atomic E-state index is 0.137. The molecule has 0 aliphatic carbocycles. The van der Waals surface area contributed by atoms with Crippen molar-refractivity contribution in [3.8, 4) is 0 Å². The van der Waals surface area contributed by atoms with Crippen molar-refractivity contribution in [3.63, 3.8) is 0 Å². The van der Waals surface area contributed by atoms with Crippen molar-refractivity contribution in [2.75, 3.05) is 26.2 Å². The summed E-state index contributed by atoms with van der Waals surface area (Å²) in [5, 5.41) is 0. The maximum atomic E-state index is 2.60. The molecule has 0 N–H and O–H groups in total. The highest BCUT2D eigenvalue weighted by molar-refractivity contribution is 14.4. The Hall–Kier alpha value is 4.62. The molecule has 0 aromatic carbocycles. The molecule has 0 bridgehead atoms. The van der Waals surface area contributed by atoms with Gasteiger partial charge in [0, 0.05) is 0 Å². The maximum absolute atomic E-state index is 2.60. The molecule has 0 amide bonds. The predicted molar refractivity (Wildman–Crippen MR) is 138 cm³/mol. The Balaban J connectivity index is 0. The van der Waals surface area contributed by atoms with Gasteiger partial charge in [0.2, 0.25) is -0.692 Å². The predicted octanol–water partition coefficient (Wildman–Crippen LogP) is 6.44. The molecule has 0 atom stereocenters. The standard InChI is InChI=1S/C8H20N.BI6Si/c1-5-9(6-2,7-3)8-4;2-1(3,4)8(5,6)7/h5-8H2,1-4H3;/q+1;-1. The van der Waals surface area contributed by atoms with Crippen molar-refractivity contribution in [1.29, 1.82) is 0 Å². The number of hydrogen-bond acceptors (Lipinski definition) is 0. The van der Waals surface area contributed by atoms with Gasteiger partial charge in [0.05, 0.1) is 26.2 Å². The van der Waals surface area contributed by atoms with Crippen LogP contribution in [0.4, 0.5) is 0 Å². The van der Waals surface area contributed by atoms with E-state index in [9.17, 15) is 0 Å². The molecular formula is C8H20BI6NSi. The Bertz CT molecular complexity index is 172. The quantitative estimate of drug-likeness (QED) is 0.129. The van der Waals surface area contributed by atoms with Gasteiger partial charge in [-0.05, 0) is 27.7 Å². The summed E-state index contributed by atoms with van der Waals surface area (Å²) in [4.78, 5) is 0. The Morgan fingerprint density at radius 1 is 0.765 bits per heavy atom. The number of quaternary nitrogens is 1. The van der Waals surface area contributed by atoms with Crippen molar-refractivity contribution < 1.29 is 4.48 Å². The number of halogens is 6. The molecule has 0 aromatic heterocycles. The van der Waals surface area contributed by atoms with E-state index in [0.29, 0.717) is 0 Å². The van der Waals surface area contributed by atoms with E-state index >= 15 is 0 Å². The van der Waals surface area contributed by atoms with Gasteiger partial charge >= 0.3 is 0 Å². The normalized spacial score (nSPS) is 13.1. The molecule has 17 heavy (non-hydrogen) atoms. The molecule has 106 valence electrons. The summed E-state index contributed by atoms with van der Waals surface area (Å²) in [5.41, 5.74) is 0. The Morgan fingerprint density at radius 2 is 0.941 bits per heavy atom. The summed E-state index contributed by atoms with van der Waals surface area (Å²) in [6.45, 7) is 14.2. The Labute approximate surface area is 186 Å². The van der Waals surface area contributed by atoms with E-state index in [1.54, 1.807) is 0 Å². The molecule has 9 heteroatoms. The van der Waals surface area contributed by atoms with Crippen LogP contribution >= 0.6 is 133 Å². The van der Waals surface area contributed by atoms with Crippen LogP contribution in [-0.2, 0) is 0 Å². The monoisotopic (exact) mass is 931 g/mol. The average Bonchev–Trinajstić information content (AvgIpc) is 2.20. The van der Waals surface area contributed by atoms with E-state index in [0.717, 1.165) is 0 Å². The molecule has 0 spiro atoms. The lowest BCUT2D eigenvalue weighted by atomic mass is 10.3. The first-order valence-electron chi connectivity index (χ1n) is 5.60. The highest BCUT2D eigenvalue weighted by Crippen LogP contribution is 2.49. The molecule has 1 nitrogen and oxygen atoms in total. The van der Waals surface area contributed by atoms with Gasteiger partial charge in [-0.2, -0.15) is 0 Å². The summed E-state index contributed by atoms with van der Waals surface area (Å²) >= 11 is 15.5. The van der Waals surface area contributed by atoms with Crippen LogP contribution < -0.4 is 0 Å². The first-order chi connectivity index (χ1) is 7.49. The zero-order valence-electron chi connectivity index (χ0n) is 10.6. The molecule has 0 aromatic rings. The Kier molecular flexibility index (Phi) is 15.7. The maximum Gasteiger partial charge on any atom is 0.210 e. The third-order valence-electron chi connectivity index (χ3n) is 3.05. The van der Waals surface area contributed by atoms with Gasteiger partial charge in [0.25, 0.3) is 0 Å². The summed E-state index contributed by atoms with van der Waals surface area (Å²) in [5.74, 6) is 0. The van der Waals surface area contributed by atoms with Crippen LogP contribution in [0.2, 0.25) is 0 Å². The number of hydrogen-bond donors (Lipinski definition) is 0. The van der Waals surface area contributed by atoms with E-state index in [4.69, 9.17) is 0 Å². The molecule has 0 fully saturated rings. The minimum Gasteiger partial charge on any atom is -0.325 e. The van der Waals surface area contributed by atoms with Gasteiger partial charge in [0.1, 0.15) is 0.434 Å². The van der Waals surface area contributed by atoms with Crippen LogP contribution in [0.15, 0.2) is 0 Å². The lowest BCUT2D eigenvalue weighted by molar-refractivity contribution is -0.921. The number of rotatable bonds is 5. The molecular weight excluding hydrogens is 910 g/mol. The van der Waals surface area contributed by atoms with Crippen molar-refractivity contribution in [2.24, 2.45) is 0 Å². The molecule has 0 aliphatic heterocycles. The summed E-state index contributed by atoms with van der Waals surface area (Å²) in [7, 11) is 0. The van der Waals surface area contributed by atoms with Crippen LogP contribution in [0.3, 0.4) is 0 Å². The second kappa shape index (κ2) is 11.2. The van der Waals surface area contributed by atoms with Crippen LogP contribution in [-0.4, -0.2) is 30.4 Å². The fourth-order valence-electron chi connectivity index (χ4n) is 1.34. The van der Waals surface area contributed by atoms with E-state index in [2.05, 4.69) is 160 Å². The van der Waals surface area contributed by atoms with E-state index in [-0.39, 0.29) is -0.692 Å². The molecule has 0 heterocycles. The lowest BCUT2D eigenvalue weighted by Gasteiger charge is -2.34. The minimum atomic E-state index is -0.926. The second-order valence-corrected chi connectivity index (χ2v) is 55.8. The second-order valence-electron chi connectivity index (χ2n) is 3.72. The summed E-state index contributed by atoms with van der Waals surface area (Å²) < 4.78 is 0.215. The van der Waals surface area contributed by atoms with Gasteiger partial charge in [-0.25, -0.2) is 0 Å². The molecule has 0 unspecified atom stereocenters. The van der Waals surface area contributed by atoms with Crippen molar-refractivity contribution in [3.05, 3.63) is 0 Å². The lowest BCUT2D eigenvalue weighted by Crippen LogP contribution is -2.47. The van der Waals surface area contributed by atoms with Crippen molar-refractivity contribution in [1.82, 2.24) is 0 Å². The fraction of sp³-hybridized carbons (Fsp3) is 1.00. The van der Waals surface area contributed by atoms with Gasteiger partial charge in [-0.1, -0.05) is 0 Å². The van der Waals surface area contributed by atoms with E-state index < -0.39 is 0.434 Å². The molecule has 0 aliphatic rings. The van der Waals surface area contributed by atoms with Crippen LogP contribution in [0.1, 0.15) is 27.7 Å². The van der Waals surface area contributed by atoms with Gasteiger partial charge in [0.15, 0.2) is 0 Å². The zero-order valence-corrected chi connectivity index (χ0v) is 24.6. The van der Waals surface area contributed by atoms with Crippen molar-refractivity contribution in [2.45, 2.75) is 27.7 Å². The van der Waals surface area contributed by atoms with Gasteiger partial charge in [-0.15, -0.1) is 65.4 Å². The third kappa shape index (κ3) is 10.9. The largest absolute Gasteiger partial charge is 0.325 e. The zero-order chi connectivity index (χ0) is 14.3. The van der Waals surface area contributed by atoms with E-state index in [1.165, 1.54) is 30.7 Å². The van der Waals surface area contributed by atoms with Crippen LogP contribution in [0.25, 0.3) is 0 Å². The van der Waals surface area contributed by atoms with Crippen LogP contribution in [0.5, 0.6) is 0 Å². The van der Waals surface area contributed by atoms with Crippen LogP contribution in [0, 0.1) is 0 Å². The molecule has 0 saturated heterocycles. The third-order valence-corrected chi connectivity index (χ3v) is 52.8. The number of nitrogens with zero attached hydrogens (tertiary/aromatic N) is 1.